The molecule has 4 nitrogen and oxygen atoms in total. The number of benzene rings is 8. The molecule has 0 saturated heterocycles. The Hall–Kier alpha value is -7.82. The Kier molecular flexibility index (Phi) is 8.11. The Morgan fingerprint density at radius 2 is 0.810 bits per heavy atom. The van der Waals surface area contributed by atoms with Crippen LogP contribution in [-0.2, 0) is 0 Å². The van der Waals surface area contributed by atoms with Crippen LogP contribution in [0.15, 0.2) is 206 Å². The summed E-state index contributed by atoms with van der Waals surface area (Å²) < 4.78 is 0. The van der Waals surface area contributed by atoms with Gasteiger partial charge in [0.05, 0.1) is 28.3 Å². The monoisotopic (exact) mass is 738 g/mol. The van der Waals surface area contributed by atoms with E-state index in [2.05, 4.69) is 175 Å². The molecule has 0 bridgehead atoms. The van der Waals surface area contributed by atoms with Crippen molar-refractivity contribution in [2.75, 3.05) is 0 Å². The summed E-state index contributed by atoms with van der Waals surface area (Å²) in [7, 11) is 0. The summed E-state index contributed by atoms with van der Waals surface area (Å²) >= 11 is 0. The van der Waals surface area contributed by atoms with Gasteiger partial charge in [0.2, 0.25) is 0 Å². The molecule has 0 amide bonds. The minimum atomic E-state index is 0.656. The average Bonchev–Trinajstić information content (AvgIpc) is 3.31. The predicted molar refractivity (Wildman–Crippen MR) is 240 cm³/mol. The molecule has 3 heterocycles. The van der Waals surface area contributed by atoms with Gasteiger partial charge in [-0.2, -0.15) is 0 Å². The molecule has 0 fully saturated rings. The van der Waals surface area contributed by atoms with Crippen LogP contribution in [0.2, 0.25) is 0 Å². The fourth-order valence-electron chi connectivity index (χ4n) is 8.35. The Bertz CT molecular complexity index is 3320. The van der Waals surface area contributed by atoms with Gasteiger partial charge >= 0.3 is 0 Å². The smallest absolute Gasteiger partial charge is 0.160 e. The summed E-state index contributed by atoms with van der Waals surface area (Å²) in [5.41, 5.74) is 11.9. The van der Waals surface area contributed by atoms with E-state index in [0.717, 1.165) is 72.6 Å². The number of rotatable bonds is 6. The standard InChI is InChI=1S/C54H34N4/c1-2-14-35(15-3-1)39-17-13-19-41(33-39)54-57-49(34-50(58-54)48-26-10-11-31-55-48)37-29-27-36(28-30-37)38-16-12-18-40(32-38)53-52-45-23-7-5-21-43(45)42-20-4-6-22-44(42)51(52)46-24-8-9-25-47(46)56-53/h1-34H. The first-order chi connectivity index (χ1) is 28.7. The summed E-state index contributed by atoms with van der Waals surface area (Å²) in [6.07, 6.45) is 1.80. The second-order valence-corrected chi connectivity index (χ2v) is 14.6. The molecule has 0 radical (unpaired) electrons. The van der Waals surface area contributed by atoms with Gasteiger partial charge in [0, 0.05) is 39.0 Å². The largest absolute Gasteiger partial charge is 0.255 e. The van der Waals surface area contributed by atoms with Crippen molar-refractivity contribution >= 4 is 43.2 Å². The molecule has 4 heteroatoms. The normalized spacial score (nSPS) is 11.4. The van der Waals surface area contributed by atoms with Crippen LogP contribution >= 0.6 is 0 Å². The number of nitrogens with zero attached hydrogens (tertiary/aromatic N) is 4. The van der Waals surface area contributed by atoms with Gasteiger partial charge in [-0.15, -0.1) is 0 Å². The zero-order valence-corrected chi connectivity index (χ0v) is 31.4. The lowest BCUT2D eigenvalue weighted by Gasteiger charge is -2.16. The van der Waals surface area contributed by atoms with Crippen molar-refractivity contribution in [3.63, 3.8) is 0 Å². The number of aromatic nitrogens is 4. The zero-order chi connectivity index (χ0) is 38.4. The van der Waals surface area contributed by atoms with E-state index in [-0.39, 0.29) is 0 Å². The van der Waals surface area contributed by atoms with Crippen LogP contribution in [0.1, 0.15) is 0 Å². The van der Waals surface area contributed by atoms with Gasteiger partial charge in [-0.05, 0) is 80.2 Å². The lowest BCUT2D eigenvalue weighted by molar-refractivity contribution is 1.16. The topological polar surface area (TPSA) is 51.6 Å². The molecule has 0 aliphatic rings. The summed E-state index contributed by atoms with van der Waals surface area (Å²) in [4.78, 5) is 20.2. The van der Waals surface area contributed by atoms with E-state index in [0.29, 0.717) is 5.82 Å². The van der Waals surface area contributed by atoms with Crippen LogP contribution in [0.5, 0.6) is 0 Å². The third-order valence-corrected chi connectivity index (χ3v) is 11.1. The van der Waals surface area contributed by atoms with Crippen LogP contribution in [0, 0.1) is 0 Å². The maximum absolute atomic E-state index is 5.39. The Morgan fingerprint density at radius 3 is 1.53 bits per heavy atom. The zero-order valence-electron chi connectivity index (χ0n) is 31.4. The van der Waals surface area contributed by atoms with Crippen LogP contribution in [-0.4, -0.2) is 19.9 Å². The van der Waals surface area contributed by atoms with Crippen LogP contribution < -0.4 is 0 Å². The van der Waals surface area contributed by atoms with Gasteiger partial charge in [0.1, 0.15) is 0 Å². The van der Waals surface area contributed by atoms with Gasteiger partial charge < -0.3 is 0 Å². The first-order valence-corrected chi connectivity index (χ1v) is 19.5. The second kappa shape index (κ2) is 14.0. The third-order valence-electron chi connectivity index (χ3n) is 11.1. The first kappa shape index (κ1) is 33.5. The molecule has 11 aromatic rings. The summed E-state index contributed by atoms with van der Waals surface area (Å²) in [6, 6.07) is 70.2. The van der Waals surface area contributed by atoms with E-state index < -0.39 is 0 Å². The Balaban J connectivity index is 1.02. The van der Waals surface area contributed by atoms with E-state index in [1.807, 2.05) is 30.3 Å². The molecule has 0 N–H and O–H groups in total. The highest BCUT2D eigenvalue weighted by Crippen LogP contribution is 2.43. The Morgan fingerprint density at radius 1 is 0.276 bits per heavy atom. The average molecular weight is 739 g/mol. The molecule has 270 valence electrons. The second-order valence-electron chi connectivity index (χ2n) is 14.6. The number of hydrogen-bond acceptors (Lipinski definition) is 4. The van der Waals surface area contributed by atoms with Crippen molar-refractivity contribution in [2.45, 2.75) is 0 Å². The molecular weight excluding hydrogens is 705 g/mol. The van der Waals surface area contributed by atoms with Crippen molar-refractivity contribution in [3.8, 4) is 67.5 Å². The molecule has 11 rings (SSSR count). The first-order valence-electron chi connectivity index (χ1n) is 19.5. The maximum Gasteiger partial charge on any atom is 0.160 e. The van der Waals surface area contributed by atoms with E-state index in [1.54, 1.807) is 6.20 Å². The lowest BCUT2D eigenvalue weighted by Crippen LogP contribution is -1.97. The summed E-state index contributed by atoms with van der Waals surface area (Å²) in [5.74, 6) is 0.656. The molecule has 0 atom stereocenters. The van der Waals surface area contributed by atoms with Gasteiger partial charge in [-0.25, -0.2) is 15.0 Å². The van der Waals surface area contributed by atoms with Gasteiger partial charge in [-0.3, -0.25) is 4.98 Å². The lowest BCUT2D eigenvalue weighted by atomic mass is 9.89. The molecule has 8 aromatic carbocycles. The van der Waals surface area contributed by atoms with Crippen molar-refractivity contribution < 1.29 is 0 Å². The minimum Gasteiger partial charge on any atom is -0.255 e. The highest BCUT2D eigenvalue weighted by Gasteiger charge is 2.18. The predicted octanol–water partition coefficient (Wildman–Crippen LogP) is 13.9. The van der Waals surface area contributed by atoms with Crippen LogP contribution in [0.4, 0.5) is 0 Å². The third kappa shape index (κ3) is 5.87. The number of pyridine rings is 2. The molecular formula is C54H34N4. The quantitative estimate of drug-likeness (QED) is 0.159. The van der Waals surface area contributed by atoms with Crippen LogP contribution in [0.25, 0.3) is 111 Å². The van der Waals surface area contributed by atoms with E-state index in [4.69, 9.17) is 15.0 Å². The molecule has 0 unspecified atom stereocenters. The SMILES string of the molecule is c1ccc(-c2cccc(-c3nc(-c4ccc(-c5cccc(-c6nc7ccccc7c7c8ccccc8c8ccccc8c67)c5)cc4)cc(-c4ccccn4)n3)c2)cc1. The number of para-hydroxylation sites is 1. The fraction of sp³-hybridized carbons (Fsp3) is 0. The summed E-state index contributed by atoms with van der Waals surface area (Å²) in [6.45, 7) is 0. The van der Waals surface area contributed by atoms with Gasteiger partial charge in [-0.1, -0.05) is 164 Å². The Labute approximate surface area is 335 Å². The molecule has 0 aliphatic carbocycles. The highest BCUT2D eigenvalue weighted by atomic mass is 14.9. The van der Waals surface area contributed by atoms with Crippen molar-refractivity contribution in [1.29, 1.82) is 0 Å². The maximum atomic E-state index is 5.39. The van der Waals surface area contributed by atoms with Crippen molar-refractivity contribution in [2.24, 2.45) is 0 Å². The highest BCUT2D eigenvalue weighted by molar-refractivity contribution is 6.33. The van der Waals surface area contributed by atoms with Gasteiger partial charge in [0.15, 0.2) is 5.82 Å². The molecule has 0 saturated carbocycles. The van der Waals surface area contributed by atoms with Crippen molar-refractivity contribution in [1.82, 2.24) is 19.9 Å². The number of fused-ring (bicyclic) bond motifs is 8. The van der Waals surface area contributed by atoms with Gasteiger partial charge in [0.25, 0.3) is 0 Å². The van der Waals surface area contributed by atoms with E-state index in [9.17, 15) is 0 Å². The number of hydrogen-bond donors (Lipinski definition) is 0. The molecule has 0 spiro atoms. The molecule has 3 aromatic heterocycles. The van der Waals surface area contributed by atoms with Crippen molar-refractivity contribution in [3.05, 3.63) is 206 Å². The minimum absolute atomic E-state index is 0.656. The fourth-order valence-corrected chi connectivity index (χ4v) is 8.35. The van der Waals surface area contributed by atoms with E-state index in [1.165, 1.54) is 32.3 Å². The van der Waals surface area contributed by atoms with E-state index >= 15 is 0 Å². The molecule has 0 aliphatic heterocycles. The van der Waals surface area contributed by atoms with Crippen LogP contribution in [0.3, 0.4) is 0 Å². The summed E-state index contributed by atoms with van der Waals surface area (Å²) in [5, 5.41) is 8.52. The molecule has 58 heavy (non-hydrogen) atoms.